The van der Waals surface area contributed by atoms with E-state index in [-0.39, 0.29) is 17.1 Å². The van der Waals surface area contributed by atoms with Crippen LogP contribution >= 0.6 is 11.6 Å². The molecule has 0 aliphatic carbocycles. The zero-order chi connectivity index (χ0) is 18.0. The molecule has 25 heavy (non-hydrogen) atoms. The topological polar surface area (TPSA) is 72.5 Å². The van der Waals surface area contributed by atoms with Gasteiger partial charge in [0, 0.05) is 10.7 Å². The molecule has 2 aromatic carbocycles. The summed E-state index contributed by atoms with van der Waals surface area (Å²) < 4.78 is 42.9. The van der Waals surface area contributed by atoms with E-state index < -0.39 is 33.8 Å². The monoisotopic (exact) mass is 383 g/mol. The molecule has 1 fully saturated rings. The van der Waals surface area contributed by atoms with Gasteiger partial charge in [0.25, 0.3) is 0 Å². The molecule has 2 unspecified atom stereocenters. The second-order valence-electron chi connectivity index (χ2n) is 5.76. The number of rotatable bonds is 4. The summed E-state index contributed by atoms with van der Waals surface area (Å²) in [6.07, 6.45) is -0.909. The molecule has 0 radical (unpaired) electrons. The van der Waals surface area contributed by atoms with Crippen LogP contribution < -0.4 is 5.32 Å². The molecule has 5 nitrogen and oxygen atoms in total. The average molecular weight is 384 g/mol. The van der Waals surface area contributed by atoms with Crippen LogP contribution in [0.25, 0.3) is 0 Å². The first-order chi connectivity index (χ1) is 11.8. The van der Waals surface area contributed by atoms with Crippen molar-refractivity contribution in [2.75, 3.05) is 16.8 Å². The third-order valence-corrected chi connectivity index (χ3v) is 5.80. The maximum atomic E-state index is 13.7. The van der Waals surface area contributed by atoms with Crippen LogP contribution in [0.3, 0.4) is 0 Å². The lowest BCUT2D eigenvalue weighted by atomic mass is 10.2. The van der Waals surface area contributed by atoms with Gasteiger partial charge in [0.15, 0.2) is 9.84 Å². The van der Waals surface area contributed by atoms with Crippen LogP contribution in [0.1, 0.15) is 10.4 Å². The summed E-state index contributed by atoms with van der Waals surface area (Å²) in [6, 6.07) is 11.5. The Labute approximate surface area is 149 Å². The SMILES string of the molecule is O=C(OC1CS(=O)(=O)CC1Nc1ccc(Cl)cc1)c1ccccc1F. The van der Waals surface area contributed by atoms with E-state index in [1.54, 1.807) is 24.3 Å². The molecule has 132 valence electrons. The minimum absolute atomic E-state index is 0.176. The van der Waals surface area contributed by atoms with E-state index in [1.165, 1.54) is 18.2 Å². The van der Waals surface area contributed by atoms with Gasteiger partial charge in [0.1, 0.15) is 11.9 Å². The van der Waals surface area contributed by atoms with Crippen LogP contribution in [-0.4, -0.2) is 38.0 Å². The molecule has 0 aromatic heterocycles. The van der Waals surface area contributed by atoms with Gasteiger partial charge in [-0.1, -0.05) is 23.7 Å². The lowest BCUT2D eigenvalue weighted by Gasteiger charge is -2.21. The third kappa shape index (κ3) is 4.29. The van der Waals surface area contributed by atoms with Crippen molar-refractivity contribution in [2.24, 2.45) is 0 Å². The number of ether oxygens (including phenoxy) is 1. The quantitative estimate of drug-likeness (QED) is 0.822. The highest BCUT2D eigenvalue weighted by atomic mass is 35.5. The van der Waals surface area contributed by atoms with Gasteiger partial charge in [-0.2, -0.15) is 0 Å². The molecule has 1 aliphatic heterocycles. The summed E-state index contributed by atoms with van der Waals surface area (Å²) in [5, 5.41) is 3.58. The highest BCUT2D eigenvalue weighted by Crippen LogP contribution is 2.23. The molecular formula is C17H15ClFNO4S. The first-order valence-corrected chi connectivity index (χ1v) is 9.72. The van der Waals surface area contributed by atoms with Crippen LogP contribution in [0, 0.1) is 5.82 Å². The highest BCUT2D eigenvalue weighted by Gasteiger charge is 2.40. The lowest BCUT2D eigenvalue weighted by molar-refractivity contribution is 0.0331. The van der Waals surface area contributed by atoms with Crippen molar-refractivity contribution < 1.29 is 22.3 Å². The maximum Gasteiger partial charge on any atom is 0.341 e. The van der Waals surface area contributed by atoms with Crippen molar-refractivity contribution in [3.63, 3.8) is 0 Å². The molecule has 0 amide bonds. The van der Waals surface area contributed by atoms with Gasteiger partial charge in [0.05, 0.1) is 23.1 Å². The number of sulfone groups is 1. The number of halogens is 2. The Balaban J connectivity index is 1.77. The standard InChI is InChI=1S/C17H15ClFNO4S/c18-11-5-7-12(8-6-11)20-15-9-25(22,23)10-16(15)24-17(21)13-3-1-2-4-14(13)19/h1-8,15-16,20H,9-10H2. The average Bonchev–Trinajstić information content (AvgIpc) is 2.83. The fourth-order valence-electron chi connectivity index (χ4n) is 2.65. The van der Waals surface area contributed by atoms with E-state index in [2.05, 4.69) is 5.32 Å². The molecule has 8 heteroatoms. The molecule has 0 saturated carbocycles. The van der Waals surface area contributed by atoms with Gasteiger partial charge in [-0.05, 0) is 36.4 Å². The van der Waals surface area contributed by atoms with Crippen molar-refractivity contribution >= 4 is 33.1 Å². The van der Waals surface area contributed by atoms with Crippen LogP contribution in [0.15, 0.2) is 48.5 Å². The molecule has 0 spiro atoms. The van der Waals surface area contributed by atoms with Gasteiger partial charge < -0.3 is 10.1 Å². The Kier molecular flexibility index (Phi) is 4.96. The van der Waals surface area contributed by atoms with E-state index in [0.717, 1.165) is 6.07 Å². The van der Waals surface area contributed by atoms with Crippen LogP contribution in [0.2, 0.25) is 5.02 Å². The number of hydrogen-bond acceptors (Lipinski definition) is 5. The molecule has 1 N–H and O–H groups in total. The largest absolute Gasteiger partial charge is 0.455 e. The Morgan fingerprint density at radius 2 is 1.80 bits per heavy atom. The first-order valence-electron chi connectivity index (χ1n) is 7.52. The van der Waals surface area contributed by atoms with E-state index in [4.69, 9.17) is 16.3 Å². The Hall–Kier alpha value is -2.12. The number of hydrogen-bond donors (Lipinski definition) is 1. The van der Waals surface area contributed by atoms with E-state index >= 15 is 0 Å². The minimum Gasteiger partial charge on any atom is -0.455 e. The Morgan fingerprint density at radius 1 is 1.12 bits per heavy atom. The van der Waals surface area contributed by atoms with Crippen molar-refractivity contribution in [2.45, 2.75) is 12.1 Å². The van der Waals surface area contributed by atoms with Crippen LogP contribution in [-0.2, 0) is 14.6 Å². The number of esters is 1. The summed E-state index contributed by atoms with van der Waals surface area (Å²) >= 11 is 5.83. The smallest absolute Gasteiger partial charge is 0.341 e. The van der Waals surface area contributed by atoms with Gasteiger partial charge in [-0.3, -0.25) is 0 Å². The molecule has 1 saturated heterocycles. The highest BCUT2D eigenvalue weighted by molar-refractivity contribution is 7.91. The van der Waals surface area contributed by atoms with E-state index in [0.29, 0.717) is 10.7 Å². The van der Waals surface area contributed by atoms with Gasteiger partial charge in [0.2, 0.25) is 0 Å². The molecule has 3 rings (SSSR count). The fourth-order valence-corrected chi connectivity index (χ4v) is 4.56. The number of carbonyl (C=O) groups is 1. The fraction of sp³-hybridized carbons (Fsp3) is 0.235. The predicted molar refractivity (Wildman–Crippen MR) is 93.1 cm³/mol. The molecule has 1 heterocycles. The zero-order valence-electron chi connectivity index (χ0n) is 13.0. The van der Waals surface area contributed by atoms with Gasteiger partial charge >= 0.3 is 5.97 Å². The lowest BCUT2D eigenvalue weighted by Crippen LogP contribution is -2.36. The molecule has 2 atom stereocenters. The summed E-state index contributed by atoms with van der Waals surface area (Å²) in [4.78, 5) is 12.2. The Morgan fingerprint density at radius 3 is 2.48 bits per heavy atom. The predicted octanol–water partition coefficient (Wildman–Crippen LogP) is 2.91. The van der Waals surface area contributed by atoms with Crippen molar-refractivity contribution in [3.05, 3.63) is 64.9 Å². The number of benzene rings is 2. The molecule has 2 aromatic rings. The summed E-state index contributed by atoms with van der Waals surface area (Å²) in [7, 11) is -3.37. The van der Waals surface area contributed by atoms with Crippen molar-refractivity contribution in [1.82, 2.24) is 0 Å². The van der Waals surface area contributed by atoms with Gasteiger partial charge in [-0.15, -0.1) is 0 Å². The number of nitrogens with one attached hydrogen (secondary N) is 1. The summed E-state index contributed by atoms with van der Waals surface area (Å²) in [5.41, 5.74) is 0.426. The zero-order valence-corrected chi connectivity index (χ0v) is 14.6. The third-order valence-electron chi connectivity index (χ3n) is 3.85. The van der Waals surface area contributed by atoms with E-state index in [1.807, 2.05) is 0 Å². The molecular weight excluding hydrogens is 369 g/mol. The van der Waals surface area contributed by atoms with Gasteiger partial charge in [-0.25, -0.2) is 17.6 Å². The maximum absolute atomic E-state index is 13.7. The molecule has 1 aliphatic rings. The summed E-state index contributed by atoms with van der Waals surface area (Å²) in [6.45, 7) is 0. The second kappa shape index (κ2) is 7.01. The van der Waals surface area contributed by atoms with E-state index in [9.17, 15) is 17.6 Å². The molecule has 0 bridgehead atoms. The Bertz CT molecular complexity index is 886. The number of carbonyl (C=O) groups excluding carboxylic acids is 1. The summed E-state index contributed by atoms with van der Waals surface area (Å²) in [5.74, 6) is -2.08. The first kappa shape index (κ1) is 17.7. The van der Waals surface area contributed by atoms with Crippen molar-refractivity contribution in [1.29, 1.82) is 0 Å². The number of anilines is 1. The van der Waals surface area contributed by atoms with Crippen molar-refractivity contribution in [3.8, 4) is 0 Å². The second-order valence-corrected chi connectivity index (χ2v) is 8.35. The van der Waals surface area contributed by atoms with Crippen LogP contribution in [0.4, 0.5) is 10.1 Å². The van der Waals surface area contributed by atoms with Crippen LogP contribution in [0.5, 0.6) is 0 Å². The minimum atomic E-state index is -3.37. The normalized spacial score (nSPS) is 21.7.